The molecule has 0 bridgehead atoms. The number of carbonyl (C=O) groups excluding carboxylic acids is 1. The van der Waals surface area contributed by atoms with E-state index in [0.29, 0.717) is 23.9 Å². The number of anilines is 3. The minimum Gasteiger partial charge on any atom is -0.435 e. The lowest BCUT2D eigenvalue weighted by atomic mass is 10.2. The predicted molar refractivity (Wildman–Crippen MR) is 105 cm³/mol. The summed E-state index contributed by atoms with van der Waals surface area (Å²) in [5.74, 6) is -0.254. The summed E-state index contributed by atoms with van der Waals surface area (Å²) in [4.78, 5) is 14.4. The molecular formula is C19H20ClF2N3O3. The van der Waals surface area contributed by atoms with Crippen molar-refractivity contribution in [2.75, 3.05) is 48.4 Å². The molecular weight excluding hydrogens is 392 g/mol. The number of hydrogen-bond donors (Lipinski definition) is 2. The average molecular weight is 412 g/mol. The first-order chi connectivity index (χ1) is 13.5. The number of rotatable bonds is 7. The molecule has 150 valence electrons. The van der Waals surface area contributed by atoms with Gasteiger partial charge >= 0.3 is 6.61 Å². The molecule has 3 rings (SSSR count). The Morgan fingerprint density at radius 3 is 2.57 bits per heavy atom. The largest absolute Gasteiger partial charge is 0.435 e. The van der Waals surface area contributed by atoms with E-state index in [9.17, 15) is 13.6 Å². The summed E-state index contributed by atoms with van der Waals surface area (Å²) in [6, 6.07) is 11.2. The quantitative estimate of drug-likeness (QED) is 0.725. The Bertz CT molecular complexity index is 800. The van der Waals surface area contributed by atoms with Gasteiger partial charge in [-0.15, -0.1) is 0 Å². The molecule has 0 aromatic heterocycles. The van der Waals surface area contributed by atoms with Crippen LogP contribution in [0.4, 0.5) is 25.8 Å². The standard InChI is InChI=1S/C19H20ClF2N3O3/c20-13-1-6-17(25-7-9-27-10-8-25)16(11-13)23-12-18(26)24-14-2-4-15(5-3-14)28-19(21)22/h1-6,11,19,23H,7-10,12H2,(H,24,26). The maximum atomic E-state index is 12.2. The zero-order valence-electron chi connectivity index (χ0n) is 15.0. The highest BCUT2D eigenvalue weighted by atomic mass is 35.5. The monoisotopic (exact) mass is 411 g/mol. The smallest absolute Gasteiger partial charge is 0.387 e. The van der Waals surface area contributed by atoms with E-state index in [1.807, 2.05) is 6.07 Å². The molecule has 0 atom stereocenters. The van der Waals surface area contributed by atoms with Gasteiger partial charge in [-0.05, 0) is 42.5 Å². The van der Waals surface area contributed by atoms with Gasteiger partial charge in [0.15, 0.2) is 0 Å². The molecule has 0 radical (unpaired) electrons. The van der Waals surface area contributed by atoms with Crippen LogP contribution in [0.25, 0.3) is 0 Å². The first-order valence-corrected chi connectivity index (χ1v) is 9.10. The van der Waals surface area contributed by atoms with Gasteiger partial charge in [0.2, 0.25) is 5.91 Å². The second kappa shape index (κ2) is 9.57. The molecule has 0 spiro atoms. The summed E-state index contributed by atoms with van der Waals surface area (Å²) in [5.41, 5.74) is 2.19. The van der Waals surface area contributed by atoms with E-state index < -0.39 is 6.61 Å². The average Bonchev–Trinajstić information content (AvgIpc) is 2.68. The molecule has 2 N–H and O–H groups in total. The van der Waals surface area contributed by atoms with Crippen molar-refractivity contribution in [1.29, 1.82) is 0 Å². The lowest BCUT2D eigenvalue weighted by molar-refractivity contribution is -0.114. The summed E-state index contributed by atoms with van der Waals surface area (Å²) >= 11 is 6.10. The Morgan fingerprint density at radius 2 is 1.89 bits per heavy atom. The van der Waals surface area contributed by atoms with E-state index in [1.54, 1.807) is 12.1 Å². The highest BCUT2D eigenvalue weighted by molar-refractivity contribution is 6.31. The summed E-state index contributed by atoms with van der Waals surface area (Å²) in [6.07, 6.45) is 0. The van der Waals surface area contributed by atoms with Gasteiger partial charge in [-0.25, -0.2) is 0 Å². The van der Waals surface area contributed by atoms with Crippen molar-refractivity contribution in [1.82, 2.24) is 0 Å². The third-order valence-corrected chi connectivity index (χ3v) is 4.35. The SMILES string of the molecule is O=C(CNc1cc(Cl)ccc1N1CCOCC1)Nc1ccc(OC(F)F)cc1. The topological polar surface area (TPSA) is 62.8 Å². The highest BCUT2D eigenvalue weighted by Crippen LogP contribution is 2.29. The van der Waals surface area contributed by atoms with Crippen LogP contribution in [0.2, 0.25) is 5.02 Å². The number of morpholine rings is 1. The summed E-state index contributed by atoms with van der Waals surface area (Å²) in [7, 11) is 0. The third kappa shape index (κ3) is 5.71. The van der Waals surface area contributed by atoms with E-state index >= 15 is 0 Å². The molecule has 1 aliphatic heterocycles. The molecule has 0 saturated carbocycles. The van der Waals surface area contributed by atoms with Crippen molar-refractivity contribution in [3.63, 3.8) is 0 Å². The Balaban J connectivity index is 1.59. The number of amides is 1. The van der Waals surface area contributed by atoms with Crippen LogP contribution in [0.15, 0.2) is 42.5 Å². The summed E-state index contributed by atoms with van der Waals surface area (Å²) in [5, 5.41) is 6.37. The van der Waals surface area contributed by atoms with E-state index in [-0.39, 0.29) is 18.2 Å². The molecule has 0 unspecified atom stereocenters. The second-order valence-electron chi connectivity index (χ2n) is 6.07. The number of nitrogens with zero attached hydrogens (tertiary/aromatic N) is 1. The molecule has 2 aromatic rings. The van der Waals surface area contributed by atoms with Crippen molar-refractivity contribution in [3.8, 4) is 5.75 Å². The molecule has 1 amide bonds. The van der Waals surface area contributed by atoms with E-state index in [4.69, 9.17) is 16.3 Å². The fraction of sp³-hybridized carbons (Fsp3) is 0.316. The second-order valence-corrected chi connectivity index (χ2v) is 6.50. The van der Waals surface area contributed by atoms with Crippen LogP contribution in [0, 0.1) is 0 Å². The minimum atomic E-state index is -2.89. The maximum absolute atomic E-state index is 12.2. The minimum absolute atomic E-state index is 0.0208. The number of alkyl halides is 2. The van der Waals surface area contributed by atoms with Gasteiger partial charge in [0.25, 0.3) is 0 Å². The van der Waals surface area contributed by atoms with Crippen LogP contribution in [0.5, 0.6) is 5.75 Å². The number of carbonyl (C=O) groups is 1. The fourth-order valence-electron chi connectivity index (χ4n) is 2.83. The van der Waals surface area contributed by atoms with Crippen molar-refractivity contribution >= 4 is 34.6 Å². The van der Waals surface area contributed by atoms with Crippen LogP contribution < -0.4 is 20.3 Å². The van der Waals surface area contributed by atoms with Gasteiger partial charge in [-0.3, -0.25) is 4.79 Å². The van der Waals surface area contributed by atoms with Crippen LogP contribution in [0.3, 0.4) is 0 Å². The van der Waals surface area contributed by atoms with Crippen molar-refractivity contribution in [3.05, 3.63) is 47.5 Å². The Hall–Kier alpha value is -2.58. The summed E-state index contributed by atoms with van der Waals surface area (Å²) < 4.78 is 34.0. The first-order valence-electron chi connectivity index (χ1n) is 8.72. The molecule has 9 heteroatoms. The predicted octanol–water partition coefficient (Wildman–Crippen LogP) is 3.83. The Morgan fingerprint density at radius 1 is 1.18 bits per heavy atom. The Labute approximate surface area is 166 Å². The molecule has 6 nitrogen and oxygen atoms in total. The van der Waals surface area contributed by atoms with Gasteiger partial charge in [0.05, 0.1) is 31.1 Å². The van der Waals surface area contributed by atoms with Gasteiger partial charge < -0.3 is 25.0 Å². The lowest BCUT2D eigenvalue weighted by Gasteiger charge is -2.30. The van der Waals surface area contributed by atoms with Crippen molar-refractivity contribution < 1.29 is 23.0 Å². The van der Waals surface area contributed by atoms with Gasteiger partial charge in [-0.2, -0.15) is 8.78 Å². The molecule has 1 aliphatic rings. The van der Waals surface area contributed by atoms with Crippen molar-refractivity contribution in [2.45, 2.75) is 6.61 Å². The van der Waals surface area contributed by atoms with E-state index in [0.717, 1.165) is 24.5 Å². The third-order valence-electron chi connectivity index (χ3n) is 4.11. The van der Waals surface area contributed by atoms with Gasteiger partial charge in [0.1, 0.15) is 5.75 Å². The molecule has 0 aliphatic carbocycles. The summed E-state index contributed by atoms with van der Waals surface area (Å²) in [6.45, 7) is -0.0531. The maximum Gasteiger partial charge on any atom is 0.387 e. The molecule has 28 heavy (non-hydrogen) atoms. The first kappa shape index (κ1) is 20.2. The number of nitrogens with one attached hydrogen (secondary N) is 2. The fourth-order valence-corrected chi connectivity index (χ4v) is 3.00. The van der Waals surface area contributed by atoms with Gasteiger partial charge in [-0.1, -0.05) is 11.6 Å². The van der Waals surface area contributed by atoms with Gasteiger partial charge in [0, 0.05) is 23.8 Å². The van der Waals surface area contributed by atoms with E-state index in [2.05, 4.69) is 20.3 Å². The Kier molecular flexibility index (Phi) is 6.89. The van der Waals surface area contributed by atoms with Crippen LogP contribution in [0.1, 0.15) is 0 Å². The molecule has 1 saturated heterocycles. The zero-order valence-corrected chi connectivity index (χ0v) is 15.7. The zero-order chi connectivity index (χ0) is 19.9. The number of hydrogen-bond acceptors (Lipinski definition) is 5. The van der Waals surface area contributed by atoms with Crippen LogP contribution in [-0.4, -0.2) is 45.4 Å². The highest BCUT2D eigenvalue weighted by Gasteiger charge is 2.16. The van der Waals surface area contributed by atoms with Crippen molar-refractivity contribution in [2.24, 2.45) is 0 Å². The number of halogens is 3. The van der Waals surface area contributed by atoms with Crippen LogP contribution >= 0.6 is 11.6 Å². The molecule has 1 heterocycles. The lowest BCUT2D eigenvalue weighted by Crippen LogP contribution is -2.36. The van der Waals surface area contributed by atoms with E-state index in [1.165, 1.54) is 24.3 Å². The number of benzene rings is 2. The normalized spacial score (nSPS) is 14.1. The molecule has 1 fully saturated rings. The van der Waals surface area contributed by atoms with Crippen LogP contribution in [-0.2, 0) is 9.53 Å². The molecule has 2 aromatic carbocycles. The number of ether oxygens (including phenoxy) is 2.